The van der Waals surface area contributed by atoms with Gasteiger partial charge in [-0.05, 0) is 47.6 Å². The van der Waals surface area contributed by atoms with Crippen LogP contribution in [0, 0.1) is 5.92 Å². The van der Waals surface area contributed by atoms with Crippen molar-refractivity contribution in [1.29, 1.82) is 0 Å². The van der Waals surface area contributed by atoms with E-state index >= 15 is 0 Å². The van der Waals surface area contributed by atoms with Crippen LogP contribution in [0.4, 0.5) is 0 Å². The lowest BCUT2D eigenvalue weighted by molar-refractivity contribution is -0.146. The molecule has 0 saturated heterocycles. The molecular weight excluding hydrogens is 590 g/mol. The van der Waals surface area contributed by atoms with Gasteiger partial charge in [-0.2, -0.15) is 0 Å². The number of ether oxygens (including phenoxy) is 2. The molecule has 0 fully saturated rings. The number of fused-ring (bicyclic) bond motifs is 3. The molecule has 1 aliphatic carbocycles. The summed E-state index contributed by atoms with van der Waals surface area (Å²) in [5.41, 5.74) is 3.74. The third kappa shape index (κ3) is 8.43. The number of benzene rings is 3. The Balaban J connectivity index is 1.51. The molecule has 0 aliphatic heterocycles. The zero-order chi connectivity index (χ0) is 33.2. The van der Waals surface area contributed by atoms with Crippen molar-refractivity contribution in [3.05, 3.63) is 95.1 Å². The van der Waals surface area contributed by atoms with Gasteiger partial charge >= 0.3 is 5.97 Å². The monoisotopic (exact) mass is 629 g/mol. The van der Waals surface area contributed by atoms with Crippen LogP contribution in [-0.4, -0.2) is 66.4 Å². The summed E-state index contributed by atoms with van der Waals surface area (Å²) in [6, 6.07) is 19.1. The second kappa shape index (κ2) is 15.9. The van der Waals surface area contributed by atoms with E-state index in [1.807, 2.05) is 68.4 Å². The normalized spacial score (nSPS) is 14.4. The lowest BCUT2D eigenvalue weighted by Crippen LogP contribution is -2.56. The molecule has 3 aromatic carbocycles. The van der Waals surface area contributed by atoms with E-state index < -0.39 is 54.2 Å². The third-order valence-corrected chi connectivity index (χ3v) is 7.45. The van der Waals surface area contributed by atoms with Crippen LogP contribution in [0.25, 0.3) is 11.1 Å². The first kappa shape index (κ1) is 34.0. The van der Waals surface area contributed by atoms with Gasteiger partial charge in [0.15, 0.2) is 0 Å². The zero-order valence-corrected chi connectivity index (χ0v) is 26.1. The molecule has 46 heavy (non-hydrogen) atoms. The lowest BCUT2D eigenvalue weighted by Gasteiger charge is -2.24. The molecule has 0 radical (unpaired) electrons. The Bertz CT molecular complexity index is 1570. The van der Waals surface area contributed by atoms with Crippen LogP contribution in [0.2, 0.25) is 0 Å². The minimum absolute atomic E-state index is 0.0382. The maximum absolute atomic E-state index is 13.7. The Morgan fingerprint density at radius 3 is 2.26 bits per heavy atom. The Morgan fingerprint density at radius 2 is 1.54 bits per heavy atom. The average molecular weight is 630 g/mol. The number of aliphatic hydroxyl groups is 1. The number of amides is 3. The van der Waals surface area contributed by atoms with Crippen molar-refractivity contribution >= 4 is 29.5 Å². The van der Waals surface area contributed by atoms with Crippen molar-refractivity contribution in [2.24, 2.45) is 5.92 Å². The molecule has 4 N–H and O–H groups in total. The number of esters is 1. The van der Waals surface area contributed by atoms with E-state index in [-0.39, 0.29) is 37.7 Å². The van der Waals surface area contributed by atoms with Gasteiger partial charge in [-0.25, -0.2) is 0 Å². The van der Waals surface area contributed by atoms with Gasteiger partial charge in [0.1, 0.15) is 24.7 Å². The maximum Gasteiger partial charge on any atom is 0.325 e. The summed E-state index contributed by atoms with van der Waals surface area (Å²) in [6.45, 7) is 4.72. The topological polar surface area (TPSA) is 160 Å². The van der Waals surface area contributed by atoms with E-state index in [9.17, 15) is 29.1 Å². The Labute approximate surface area is 267 Å². The van der Waals surface area contributed by atoms with Crippen LogP contribution < -0.4 is 16.0 Å². The number of carbonyl (C=O) groups excluding carboxylic acids is 5. The molecule has 242 valence electrons. The summed E-state index contributed by atoms with van der Waals surface area (Å²) in [7, 11) is 0. The van der Waals surface area contributed by atoms with E-state index in [0.717, 1.165) is 16.7 Å². The van der Waals surface area contributed by atoms with Gasteiger partial charge in [0.25, 0.3) is 11.8 Å². The average Bonchev–Trinajstić information content (AvgIpc) is 3.34. The van der Waals surface area contributed by atoms with Crippen LogP contribution in [0.15, 0.2) is 72.8 Å². The predicted octanol–water partition coefficient (Wildman–Crippen LogP) is 2.84. The molecule has 1 aliphatic rings. The molecule has 0 saturated carbocycles. The molecule has 0 spiro atoms. The van der Waals surface area contributed by atoms with Gasteiger partial charge < -0.3 is 30.5 Å². The summed E-state index contributed by atoms with van der Waals surface area (Å²) in [5, 5.41) is 18.7. The highest BCUT2D eigenvalue weighted by molar-refractivity contribution is 6.38. The summed E-state index contributed by atoms with van der Waals surface area (Å²) < 4.78 is 10.5. The standard InChI is InChI=1S/C35H39N3O8/c1-4-46-29(39)18-36-35(44)32(41)28(20-45-19-22-11-6-5-7-12-22)38-34(43)27(17-21(2)3)37-33(42)26-16-10-15-24-23-13-8-9-14-25(23)31(40)30(24)26/h5-16,21,27-28,31,40H,4,17-20H2,1-3H3,(H,36,44)(H,37,42)(H,38,43)/t27-,28-,31?/m0/s1. The number of rotatable bonds is 15. The highest BCUT2D eigenvalue weighted by Gasteiger charge is 2.34. The van der Waals surface area contributed by atoms with Crippen molar-refractivity contribution < 1.29 is 38.6 Å². The predicted molar refractivity (Wildman–Crippen MR) is 169 cm³/mol. The summed E-state index contributed by atoms with van der Waals surface area (Å²) >= 11 is 0. The molecule has 11 nitrogen and oxygen atoms in total. The van der Waals surface area contributed by atoms with Crippen molar-refractivity contribution in [3.8, 4) is 11.1 Å². The van der Waals surface area contributed by atoms with Crippen molar-refractivity contribution in [3.63, 3.8) is 0 Å². The number of nitrogens with one attached hydrogen (secondary N) is 3. The van der Waals surface area contributed by atoms with Gasteiger partial charge in [-0.1, -0.05) is 80.6 Å². The highest BCUT2D eigenvalue weighted by atomic mass is 16.5. The minimum Gasteiger partial charge on any atom is -0.465 e. The first-order valence-electron chi connectivity index (χ1n) is 15.2. The fraction of sp³-hybridized carbons (Fsp3) is 0.343. The number of Topliss-reactive ketones (excluding diaryl/α,β-unsaturated/α-hetero) is 1. The number of aliphatic hydroxyl groups excluding tert-OH is 1. The van der Waals surface area contributed by atoms with Gasteiger partial charge in [0.05, 0.1) is 19.8 Å². The van der Waals surface area contributed by atoms with Crippen LogP contribution in [0.1, 0.15) is 60.3 Å². The van der Waals surface area contributed by atoms with Crippen molar-refractivity contribution in [2.75, 3.05) is 19.8 Å². The largest absolute Gasteiger partial charge is 0.465 e. The molecule has 3 amide bonds. The quantitative estimate of drug-likeness (QED) is 0.148. The summed E-state index contributed by atoms with van der Waals surface area (Å²) in [6.07, 6.45) is -0.793. The fourth-order valence-electron chi connectivity index (χ4n) is 5.30. The number of ketones is 1. The van der Waals surface area contributed by atoms with Gasteiger partial charge in [0.2, 0.25) is 11.7 Å². The molecule has 0 aromatic heterocycles. The number of hydrogen-bond donors (Lipinski definition) is 4. The Hall–Kier alpha value is -4.87. The highest BCUT2D eigenvalue weighted by Crippen LogP contribution is 2.44. The van der Waals surface area contributed by atoms with E-state index in [2.05, 4.69) is 16.0 Å². The van der Waals surface area contributed by atoms with Gasteiger partial charge in [-0.3, -0.25) is 24.0 Å². The fourth-order valence-corrected chi connectivity index (χ4v) is 5.30. The third-order valence-electron chi connectivity index (χ3n) is 7.45. The second-order valence-electron chi connectivity index (χ2n) is 11.3. The van der Waals surface area contributed by atoms with Crippen LogP contribution in [0.3, 0.4) is 0 Å². The van der Waals surface area contributed by atoms with Gasteiger partial charge in [0, 0.05) is 11.1 Å². The first-order chi connectivity index (χ1) is 22.1. The first-order valence-corrected chi connectivity index (χ1v) is 15.2. The second-order valence-corrected chi connectivity index (χ2v) is 11.3. The van der Waals surface area contributed by atoms with Gasteiger partial charge in [-0.15, -0.1) is 0 Å². The van der Waals surface area contributed by atoms with E-state index in [1.165, 1.54) is 0 Å². The molecule has 0 heterocycles. The number of carbonyl (C=O) groups is 5. The Kier molecular flexibility index (Phi) is 11.8. The molecule has 4 rings (SSSR count). The SMILES string of the molecule is CCOC(=O)CNC(=O)C(=O)[C@H](COCc1ccccc1)NC(=O)[C@H](CC(C)C)NC(=O)c1cccc2c1C(O)c1ccccc1-2. The maximum atomic E-state index is 13.7. The molecule has 3 aromatic rings. The Morgan fingerprint density at radius 1 is 0.848 bits per heavy atom. The van der Waals surface area contributed by atoms with E-state index in [4.69, 9.17) is 9.47 Å². The minimum atomic E-state index is -1.41. The zero-order valence-electron chi connectivity index (χ0n) is 26.1. The van der Waals surface area contributed by atoms with Crippen molar-refractivity contribution in [1.82, 2.24) is 16.0 Å². The number of hydrogen-bond acceptors (Lipinski definition) is 8. The van der Waals surface area contributed by atoms with Crippen LogP contribution in [-0.2, 0) is 35.3 Å². The molecule has 11 heteroatoms. The van der Waals surface area contributed by atoms with E-state index in [0.29, 0.717) is 11.1 Å². The lowest BCUT2D eigenvalue weighted by atomic mass is 9.98. The molecule has 3 atom stereocenters. The molecular formula is C35H39N3O8. The van der Waals surface area contributed by atoms with Crippen LogP contribution in [0.5, 0.6) is 0 Å². The molecule has 1 unspecified atom stereocenters. The smallest absolute Gasteiger partial charge is 0.325 e. The van der Waals surface area contributed by atoms with E-state index in [1.54, 1.807) is 25.1 Å². The summed E-state index contributed by atoms with van der Waals surface area (Å²) in [4.78, 5) is 64.9. The van der Waals surface area contributed by atoms with Crippen LogP contribution >= 0.6 is 0 Å². The van der Waals surface area contributed by atoms with Crippen molar-refractivity contribution in [2.45, 2.75) is 52.0 Å². The molecule has 0 bridgehead atoms. The summed E-state index contributed by atoms with van der Waals surface area (Å²) in [5.74, 6) is -4.14.